The fraction of sp³-hybridized carbons (Fsp3) is 0.133. The Morgan fingerprint density at radius 1 is 1.30 bits per heavy atom. The quantitative estimate of drug-likeness (QED) is 0.782. The SMILES string of the molecule is COc1cccc(CC(=O)Nc2ccc(Cl)cc2I)c1. The zero-order valence-corrected chi connectivity index (χ0v) is 13.7. The number of anilines is 1. The maximum atomic E-state index is 12.0. The molecule has 104 valence electrons. The van der Waals surface area contributed by atoms with Crippen LogP contribution in [0.25, 0.3) is 0 Å². The Morgan fingerprint density at radius 2 is 2.10 bits per heavy atom. The van der Waals surface area contributed by atoms with Crippen LogP contribution in [0.1, 0.15) is 5.56 Å². The van der Waals surface area contributed by atoms with Crippen LogP contribution in [0.5, 0.6) is 5.75 Å². The molecule has 5 heteroatoms. The molecule has 20 heavy (non-hydrogen) atoms. The minimum Gasteiger partial charge on any atom is -0.497 e. The van der Waals surface area contributed by atoms with Gasteiger partial charge in [-0.05, 0) is 58.5 Å². The number of amides is 1. The number of rotatable bonds is 4. The van der Waals surface area contributed by atoms with Gasteiger partial charge in [0.1, 0.15) is 5.75 Å². The minimum atomic E-state index is -0.0708. The van der Waals surface area contributed by atoms with E-state index in [9.17, 15) is 4.79 Å². The van der Waals surface area contributed by atoms with E-state index in [1.54, 1.807) is 19.2 Å². The molecule has 1 N–H and O–H groups in total. The highest BCUT2D eigenvalue weighted by molar-refractivity contribution is 14.1. The zero-order chi connectivity index (χ0) is 14.5. The highest BCUT2D eigenvalue weighted by atomic mass is 127. The summed E-state index contributed by atoms with van der Waals surface area (Å²) in [4.78, 5) is 12.0. The van der Waals surface area contributed by atoms with Crippen LogP contribution in [0.15, 0.2) is 42.5 Å². The molecule has 1 amide bonds. The Labute approximate surface area is 136 Å². The highest BCUT2D eigenvalue weighted by Crippen LogP contribution is 2.22. The van der Waals surface area contributed by atoms with E-state index < -0.39 is 0 Å². The van der Waals surface area contributed by atoms with Crippen LogP contribution in [0.4, 0.5) is 5.69 Å². The first kappa shape index (κ1) is 15.1. The Hall–Kier alpha value is -1.27. The van der Waals surface area contributed by atoms with Crippen molar-refractivity contribution in [2.24, 2.45) is 0 Å². The maximum absolute atomic E-state index is 12.0. The summed E-state index contributed by atoms with van der Waals surface area (Å²) in [6.45, 7) is 0. The molecule has 0 radical (unpaired) electrons. The largest absolute Gasteiger partial charge is 0.497 e. The van der Waals surface area contributed by atoms with Gasteiger partial charge in [-0.25, -0.2) is 0 Å². The highest BCUT2D eigenvalue weighted by Gasteiger charge is 2.07. The first-order valence-corrected chi connectivity index (χ1v) is 7.42. The summed E-state index contributed by atoms with van der Waals surface area (Å²) >= 11 is 8.03. The molecular weight excluding hydrogens is 389 g/mol. The van der Waals surface area contributed by atoms with Gasteiger partial charge in [-0.3, -0.25) is 4.79 Å². The molecule has 0 heterocycles. The summed E-state index contributed by atoms with van der Waals surface area (Å²) in [5, 5.41) is 3.53. The minimum absolute atomic E-state index is 0.0708. The topological polar surface area (TPSA) is 38.3 Å². The van der Waals surface area contributed by atoms with E-state index in [1.807, 2.05) is 30.3 Å². The molecule has 3 nitrogen and oxygen atoms in total. The molecule has 2 rings (SSSR count). The molecule has 0 atom stereocenters. The average molecular weight is 402 g/mol. The number of carbonyl (C=O) groups is 1. The Morgan fingerprint density at radius 3 is 2.80 bits per heavy atom. The number of benzene rings is 2. The summed E-state index contributed by atoms with van der Waals surface area (Å²) in [5.74, 6) is 0.676. The van der Waals surface area contributed by atoms with Crippen LogP contribution in [0.2, 0.25) is 5.02 Å². The third-order valence-corrected chi connectivity index (χ3v) is 3.83. The second-order valence-corrected chi connectivity index (χ2v) is 5.80. The number of hydrogen-bond donors (Lipinski definition) is 1. The second kappa shape index (κ2) is 6.95. The fourth-order valence-corrected chi connectivity index (χ4v) is 2.76. The van der Waals surface area contributed by atoms with Gasteiger partial charge in [-0.15, -0.1) is 0 Å². The van der Waals surface area contributed by atoms with Gasteiger partial charge in [0.05, 0.1) is 19.2 Å². The molecule has 0 unspecified atom stereocenters. The molecule has 0 saturated heterocycles. The molecule has 0 aliphatic heterocycles. The zero-order valence-electron chi connectivity index (χ0n) is 10.8. The van der Waals surface area contributed by atoms with Gasteiger partial charge >= 0.3 is 0 Å². The van der Waals surface area contributed by atoms with E-state index in [0.717, 1.165) is 20.6 Å². The first-order valence-electron chi connectivity index (χ1n) is 5.96. The second-order valence-electron chi connectivity index (χ2n) is 4.20. The summed E-state index contributed by atoms with van der Waals surface area (Å²) in [6, 6.07) is 12.8. The van der Waals surface area contributed by atoms with Crippen molar-refractivity contribution in [2.45, 2.75) is 6.42 Å². The first-order chi connectivity index (χ1) is 9.58. The molecular formula is C15H13ClINO2. The van der Waals surface area contributed by atoms with Crippen LogP contribution in [-0.4, -0.2) is 13.0 Å². The Balaban J connectivity index is 2.05. The number of hydrogen-bond acceptors (Lipinski definition) is 2. The van der Waals surface area contributed by atoms with Crippen LogP contribution < -0.4 is 10.1 Å². The number of nitrogens with one attached hydrogen (secondary N) is 1. The lowest BCUT2D eigenvalue weighted by Gasteiger charge is -2.08. The molecule has 0 bridgehead atoms. The number of ether oxygens (including phenoxy) is 1. The lowest BCUT2D eigenvalue weighted by Crippen LogP contribution is -2.15. The van der Waals surface area contributed by atoms with Crippen molar-refractivity contribution >= 4 is 45.8 Å². The molecule has 0 fully saturated rings. The van der Waals surface area contributed by atoms with Crippen molar-refractivity contribution < 1.29 is 9.53 Å². The third-order valence-electron chi connectivity index (χ3n) is 2.70. The molecule has 0 aromatic heterocycles. The van der Waals surface area contributed by atoms with Crippen molar-refractivity contribution in [3.8, 4) is 5.75 Å². The number of methoxy groups -OCH3 is 1. The van der Waals surface area contributed by atoms with Gasteiger partial charge in [-0.2, -0.15) is 0 Å². The standard InChI is InChI=1S/C15H13ClINO2/c1-20-12-4-2-3-10(7-12)8-15(19)18-14-6-5-11(16)9-13(14)17/h2-7,9H,8H2,1H3,(H,18,19). The molecule has 2 aromatic rings. The van der Waals surface area contributed by atoms with E-state index in [1.165, 1.54) is 0 Å². The summed E-state index contributed by atoms with van der Waals surface area (Å²) in [5.41, 5.74) is 1.67. The molecule has 2 aromatic carbocycles. The van der Waals surface area contributed by atoms with Gasteiger partial charge in [0, 0.05) is 8.59 Å². The predicted octanol–water partition coefficient (Wildman–Crippen LogP) is 4.13. The van der Waals surface area contributed by atoms with Gasteiger partial charge < -0.3 is 10.1 Å². The van der Waals surface area contributed by atoms with E-state index in [4.69, 9.17) is 16.3 Å². The number of carbonyl (C=O) groups excluding carboxylic acids is 1. The van der Waals surface area contributed by atoms with Crippen LogP contribution in [-0.2, 0) is 11.2 Å². The maximum Gasteiger partial charge on any atom is 0.228 e. The van der Waals surface area contributed by atoms with Crippen molar-refractivity contribution in [1.29, 1.82) is 0 Å². The van der Waals surface area contributed by atoms with Gasteiger partial charge in [0.25, 0.3) is 0 Å². The molecule has 0 aliphatic rings. The molecule has 0 aliphatic carbocycles. The van der Waals surface area contributed by atoms with E-state index in [0.29, 0.717) is 11.4 Å². The van der Waals surface area contributed by atoms with Gasteiger partial charge in [0.15, 0.2) is 0 Å². The van der Waals surface area contributed by atoms with Crippen molar-refractivity contribution in [3.63, 3.8) is 0 Å². The smallest absolute Gasteiger partial charge is 0.228 e. The Kier molecular flexibility index (Phi) is 5.25. The normalized spacial score (nSPS) is 10.2. The summed E-state index contributed by atoms with van der Waals surface area (Å²) < 4.78 is 6.05. The molecule has 0 spiro atoms. The monoisotopic (exact) mass is 401 g/mol. The van der Waals surface area contributed by atoms with Gasteiger partial charge in [-0.1, -0.05) is 23.7 Å². The van der Waals surface area contributed by atoms with Crippen molar-refractivity contribution in [2.75, 3.05) is 12.4 Å². The lowest BCUT2D eigenvalue weighted by molar-refractivity contribution is -0.115. The fourth-order valence-electron chi connectivity index (χ4n) is 1.75. The van der Waals surface area contributed by atoms with Gasteiger partial charge in [0.2, 0.25) is 5.91 Å². The van der Waals surface area contributed by atoms with Crippen molar-refractivity contribution in [1.82, 2.24) is 0 Å². The average Bonchev–Trinajstić information content (AvgIpc) is 2.42. The predicted molar refractivity (Wildman–Crippen MR) is 89.5 cm³/mol. The lowest BCUT2D eigenvalue weighted by atomic mass is 10.1. The third kappa shape index (κ3) is 4.11. The molecule has 0 saturated carbocycles. The van der Waals surface area contributed by atoms with E-state index >= 15 is 0 Å². The van der Waals surface area contributed by atoms with E-state index in [-0.39, 0.29) is 5.91 Å². The Bertz CT molecular complexity index is 631. The number of halogens is 2. The summed E-state index contributed by atoms with van der Waals surface area (Å²) in [6.07, 6.45) is 0.301. The summed E-state index contributed by atoms with van der Waals surface area (Å²) in [7, 11) is 1.61. The van der Waals surface area contributed by atoms with E-state index in [2.05, 4.69) is 27.9 Å². The van der Waals surface area contributed by atoms with Crippen LogP contribution in [0.3, 0.4) is 0 Å². The van der Waals surface area contributed by atoms with Crippen molar-refractivity contribution in [3.05, 3.63) is 56.6 Å². The van der Waals surface area contributed by atoms with Crippen LogP contribution in [0, 0.1) is 3.57 Å². The van der Waals surface area contributed by atoms with Crippen LogP contribution >= 0.6 is 34.2 Å².